The van der Waals surface area contributed by atoms with Crippen molar-refractivity contribution in [3.8, 4) is 10.4 Å². The predicted octanol–water partition coefficient (Wildman–Crippen LogP) is 4.31. The molecule has 1 heterocycles. The predicted molar refractivity (Wildman–Crippen MR) is 80.9 cm³/mol. The molecule has 0 fully saturated rings. The zero-order chi connectivity index (χ0) is 13.3. The van der Waals surface area contributed by atoms with E-state index in [-0.39, 0.29) is 0 Å². The Hall–Kier alpha value is -0.850. The molecule has 18 heavy (non-hydrogen) atoms. The topological polar surface area (TPSA) is 52.3 Å². The van der Waals surface area contributed by atoms with Crippen LogP contribution in [-0.2, 0) is 4.74 Å². The second-order valence-electron chi connectivity index (χ2n) is 3.54. The van der Waals surface area contributed by atoms with Gasteiger partial charge in [-0.05, 0) is 29.8 Å². The highest BCUT2D eigenvalue weighted by Gasteiger charge is 2.15. The Labute approximate surface area is 125 Å². The average Bonchev–Trinajstić information content (AvgIpc) is 2.69. The molecule has 94 valence electrons. The molecule has 0 radical (unpaired) electrons. The fourth-order valence-corrected chi connectivity index (χ4v) is 3.77. The van der Waals surface area contributed by atoms with Gasteiger partial charge in [0, 0.05) is 13.8 Å². The highest BCUT2D eigenvalue weighted by molar-refractivity contribution is 9.11. The lowest BCUT2D eigenvalue weighted by atomic mass is 10.2. The molecular weight excluding hydrogens is 382 g/mol. The number of anilines is 1. The minimum absolute atomic E-state index is 0.405. The third kappa shape index (κ3) is 2.76. The molecule has 0 saturated carbocycles. The zero-order valence-corrected chi connectivity index (χ0v) is 13.4. The van der Waals surface area contributed by atoms with Crippen molar-refractivity contribution in [2.45, 2.75) is 0 Å². The molecule has 0 spiro atoms. The number of ether oxygens (including phenoxy) is 1. The van der Waals surface area contributed by atoms with Gasteiger partial charge in [-0.3, -0.25) is 0 Å². The second kappa shape index (κ2) is 5.42. The van der Waals surface area contributed by atoms with Gasteiger partial charge in [0.2, 0.25) is 0 Å². The number of nitrogen functional groups attached to an aromatic ring is 1. The van der Waals surface area contributed by atoms with Crippen molar-refractivity contribution in [2.75, 3.05) is 12.8 Å². The summed E-state index contributed by atoms with van der Waals surface area (Å²) in [5.74, 6) is -0.405. The molecule has 1 aromatic heterocycles. The summed E-state index contributed by atoms with van der Waals surface area (Å²) in [6.07, 6.45) is 0. The first-order valence-electron chi connectivity index (χ1n) is 4.95. The number of thiophene rings is 1. The van der Waals surface area contributed by atoms with Gasteiger partial charge in [-0.25, -0.2) is 4.79 Å². The number of rotatable bonds is 2. The van der Waals surface area contributed by atoms with E-state index in [1.54, 1.807) is 6.07 Å². The smallest absolute Gasteiger partial charge is 0.350 e. The van der Waals surface area contributed by atoms with Crippen molar-refractivity contribution in [1.82, 2.24) is 0 Å². The van der Waals surface area contributed by atoms with Gasteiger partial charge in [-0.15, -0.1) is 11.3 Å². The molecule has 0 saturated heterocycles. The van der Waals surface area contributed by atoms with Crippen LogP contribution in [0.2, 0.25) is 0 Å². The van der Waals surface area contributed by atoms with E-state index in [1.165, 1.54) is 18.4 Å². The number of benzene rings is 1. The summed E-state index contributed by atoms with van der Waals surface area (Å²) in [7, 11) is 1.34. The Kier molecular flexibility index (Phi) is 4.09. The Morgan fingerprint density at radius 1 is 1.22 bits per heavy atom. The second-order valence-corrected chi connectivity index (χ2v) is 6.43. The van der Waals surface area contributed by atoms with E-state index >= 15 is 0 Å². The molecule has 2 rings (SSSR count). The monoisotopic (exact) mass is 389 g/mol. The molecule has 0 aliphatic heterocycles. The van der Waals surface area contributed by atoms with Gasteiger partial charge in [0.05, 0.1) is 12.8 Å². The van der Waals surface area contributed by atoms with E-state index in [0.717, 1.165) is 19.4 Å². The molecule has 0 amide bonds. The van der Waals surface area contributed by atoms with Crippen molar-refractivity contribution < 1.29 is 9.53 Å². The number of hydrogen-bond acceptors (Lipinski definition) is 4. The Morgan fingerprint density at radius 3 is 2.39 bits per heavy atom. The van der Waals surface area contributed by atoms with Crippen molar-refractivity contribution >= 4 is 54.9 Å². The Bertz CT molecular complexity index is 590. The highest BCUT2D eigenvalue weighted by atomic mass is 79.9. The molecule has 6 heteroatoms. The van der Waals surface area contributed by atoms with Gasteiger partial charge in [0.1, 0.15) is 4.88 Å². The highest BCUT2D eigenvalue weighted by Crippen LogP contribution is 2.36. The van der Waals surface area contributed by atoms with Gasteiger partial charge in [-0.1, -0.05) is 31.9 Å². The lowest BCUT2D eigenvalue weighted by molar-refractivity contribution is 0.0607. The number of methoxy groups -OCH3 is 1. The van der Waals surface area contributed by atoms with Gasteiger partial charge in [-0.2, -0.15) is 0 Å². The van der Waals surface area contributed by atoms with Crippen LogP contribution in [0.1, 0.15) is 9.67 Å². The standard InChI is InChI=1S/C12H9Br2NO2S/c1-17-12(16)11-9(15)5-10(18-11)6-2-7(13)4-8(14)3-6/h2-5H,15H2,1H3. The van der Waals surface area contributed by atoms with Gasteiger partial charge in [0.15, 0.2) is 0 Å². The summed E-state index contributed by atoms with van der Waals surface area (Å²) in [5.41, 5.74) is 7.25. The summed E-state index contributed by atoms with van der Waals surface area (Å²) in [4.78, 5) is 12.9. The minimum atomic E-state index is -0.405. The Balaban J connectivity index is 2.48. The first-order chi connectivity index (χ1) is 8.51. The molecule has 2 aromatic rings. The normalized spacial score (nSPS) is 10.4. The van der Waals surface area contributed by atoms with E-state index in [9.17, 15) is 4.79 Å². The summed E-state index contributed by atoms with van der Waals surface area (Å²) in [5, 5.41) is 0. The van der Waals surface area contributed by atoms with Crippen LogP contribution < -0.4 is 5.73 Å². The first kappa shape index (κ1) is 13.6. The van der Waals surface area contributed by atoms with E-state index < -0.39 is 5.97 Å². The first-order valence-corrected chi connectivity index (χ1v) is 7.35. The number of hydrogen-bond donors (Lipinski definition) is 1. The fourth-order valence-electron chi connectivity index (χ4n) is 1.50. The molecule has 3 nitrogen and oxygen atoms in total. The maximum absolute atomic E-state index is 11.5. The molecule has 2 N–H and O–H groups in total. The van der Waals surface area contributed by atoms with Crippen LogP contribution in [0, 0.1) is 0 Å². The molecule has 0 unspecified atom stereocenters. The number of carbonyl (C=O) groups is 1. The van der Waals surface area contributed by atoms with Crippen LogP contribution in [0.5, 0.6) is 0 Å². The zero-order valence-electron chi connectivity index (χ0n) is 9.37. The maximum atomic E-state index is 11.5. The number of nitrogens with two attached hydrogens (primary N) is 1. The van der Waals surface area contributed by atoms with E-state index in [4.69, 9.17) is 5.73 Å². The number of halogens is 2. The lowest BCUT2D eigenvalue weighted by Crippen LogP contribution is -2.00. The lowest BCUT2D eigenvalue weighted by Gasteiger charge is -2.00. The molecule has 1 aromatic carbocycles. The summed E-state index contributed by atoms with van der Waals surface area (Å²) >= 11 is 8.18. The van der Waals surface area contributed by atoms with Crippen molar-refractivity contribution in [1.29, 1.82) is 0 Å². The van der Waals surface area contributed by atoms with Gasteiger partial charge >= 0.3 is 5.97 Å². The van der Waals surface area contributed by atoms with Crippen molar-refractivity contribution in [3.05, 3.63) is 38.1 Å². The van der Waals surface area contributed by atoms with Crippen molar-refractivity contribution in [3.63, 3.8) is 0 Å². The third-order valence-electron chi connectivity index (χ3n) is 2.28. The van der Waals surface area contributed by atoms with Crippen molar-refractivity contribution in [2.24, 2.45) is 0 Å². The SMILES string of the molecule is COC(=O)c1sc(-c2cc(Br)cc(Br)c2)cc1N. The minimum Gasteiger partial charge on any atom is -0.465 e. The number of esters is 1. The van der Waals surface area contributed by atoms with E-state index in [0.29, 0.717) is 10.6 Å². The summed E-state index contributed by atoms with van der Waals surface area (Å²) in [6, 6.07) is 7.67. The molecule has 0 atom stereocenters. The summed E-state index contributed by atoms with van der Waals surface area (Å²) in [6.45, 7) is 0. The fraction of sp³-hybridized carbons (Fsp3) is 0.0833. The molecule has 0 bridgehead atoms. The number of carbonyl (C=O) groups excluding carboxylic acids is 1. The van der Waals surface area contributed by atoms with E-state index in [2.05, 4.69) is 36.6 Å². The average molecular weight is 391 g/mol. The molecular formula is C12H9Br2NO2S. The van der Waals surface area contributed by atoms with Crippen LogP contribution in [0.15, 0.2) is 33.2 Å². The summed E-state index contributed by atoms with van der Waals surface area (Å²) < 4.78 is 6.60. The van der Waals surface area contributed by atoms with Crippen LogP contribution in [0.25, 0.3) is 10.4 Å². The largest absolute Gasteiger partial charge is 0.465 e. The molecule has 0 aliphatic carbocycles. The van der Waals surface area contributed by atoms with Crippen LogP contribution in [0.4, 0.5) is 5.69 Å². The van der Waals surface area contributed by atoms with Crippen LogP contribution in [-0.4, -0.2) is 13.1 Å². The van der Waals surface area contributed by atoms with Gasteiger partial charge < -0.3 is 10.5 Å². The quantitative estimate of drug-likeness (QED) is 0.777. The van der Waals surface area contributed by atoms with Crippen LogP contribution >= 0.6 is 43.2 Å². The Morgan fingerprint density at radius 2 is 1.83 bits per heavy atom. The van der Waals surface area contributed by atoms with Crippen LogP contribution in [0.3, 0.4) is 0 Å². The van der Waals surface area contributed by atoms with E-state index in [1.807, 2.05) is 18.2 Å². The maximum Gasteiger partial charge on any atom is 0.350 e. The third-order valence-corrected chi connectivity index (χ3v) is 4.37. The van der Waals surface area contributed by atoms with Gasteiger partial charge in [0.25, 0.3) is 0 Å². The molecule has 0 aliphatic rings.